The predicted octanol–water partition coefficient (Wildman–Crippen LogP) is 1.72. The molecule has 0 aromatic heterocycles. The minimum absolute atomic E-state index is 0.0680. The van der Waals surface area contributed by atoms with Gasteiger partial charge in [-0.05, 0) is 32.1 Å². The van der Waals surface area contributed by atoms with Crippen LogP contribution in [-0.4, -0.2) is 25.2 Å². The Hall–Kier alpha value is -0.570. The second-order valence-electron chi connectivity index (χ2n) is 4.19. The Labute approximate surface area is 86.2 Å². The lowest BCUT2D eigenvalue weighted by Gasteiger charge is -2.20. The molecule has 1 rings (SSSR count). The highest BCUT2D eigenvalue weighted by atomic mass is 16.5. The van der Waals surface area contributed by atoms with Gasteiger partial charge < -0.3 is 10.1 Å². The fourth-order valence-corrected chi connectivity index (χ4v) is 1.78. The molecule has 0 aliphatic heterocycles. The van der Waals surface area contributed by atoms with Crippen molar-refractivity contribution in [2.24, 2.45) is 5.92 Å². The molecule has 82 valence electrons. The van der Waals surface area contributed by atoms with Crippen LogP contribution in [0, 0.1) is 5.92 Å². The van der Waals surface area contributed by atoms with Gasteiger partial charge in [-0.2, -0.15) is 0 Å². The molecule has 0 spiro atoms. The molecule has 0 aromatic rings. The van der Waals surface area contributed by atoms with Crippen molar-refractivity contribution in [1.29, 1.82) is 0 Å². The molecule has 2 atom stereocenters. The van der Waals surface area contributed by atoms with Crippen LogP contribution in [0.3, 0.4) is 0 Å². The quantitative estimate of drug-likeness (QED) is 0.662. The summed E-state index contributed by atoms with van der Waals surface area (Å²) >= 11 is 0. The van der Waals surface area contributed by atoms with E-state index in [1.807, 2.05) is 0 Å². The molecule has 2 unspecified atom stereocenters. The molecule has 0 heterocycles. The summed E-state index contributed by atoms with van der Waals surface area (Å²) in [7, 11) is 1.46. The normalized spacial score (nSPS) is 20.2. The lowest BCUT2D eigenvalue weighted by molar-refractivity contribution is -0.144. The van der Waals surface area contributed by atoms with Gasteiger partial charge in [0.05, 0.1) is 7.11 Å². The Morgan fingerprint density at radius 1 is 1.57 bits per heavy atom. The van der Waals surface area contributed by atoms with Gasteiger partial charge in [-0.15, -0.1) is 0 Å². The maximum Gasteiger partial charge on any atom is 0.323 e. The topological polar surface area (TPSA) is 38.3 Å². The Bertz CT molecular complexity index is 190. The van der Waals surface area contributed by atoms with Crippen LogP contribution in [-0.2, 0) is 9.53 Å². The summed E-state index contributed by atoms with van der Waals surface area (Å²) in [6, 6.07) is 0.339. The van der Waals surface area contributed by atoms with Crippen LogP contribution in [0.25, 0.3) is 0 Å². The number of hydrogen-bond acceptors (Lipinski definition) is 3. The summed E-state index contributed by atoms with van der Waals surface area (Å²) in [6.45, 7) is 4.28. The van der Waals surface area contributed by atoms with E-state index in [1.54, 1.807) is 0 Å². The number of hydrogen-bond donors (Lipinski definition) is 1. The lowest BCUT2D eigenvalue weighted by atomic mass is 10.1. The monoisotopic (exact) mass is 199 g/mol. The minimum Gasteiger partial charge on any atom is -0.468 e. The van der Waals surface area contributed by atoms with Crippen LogP contribution < -0.4 is 5.32 Å². The molecule has 3 heteroatoms. The molecule has 1 N–H and O–H groups in total. The number of rotatable bonds is 6. The molecular weight excluding hydrogens is 178 g/mol. The molecular formula is C11H21NO2. The molecule has 1 aliphatic rings. The second kappa shape index (κ2) is 5.35. The van der Waals surface area contributed by atoms with Crippen LogP contribution in [0.1, 0.15) is 39.5 Å². The Balaban J connectivity index is 2.38. The first kappa shape index (κ1) is 11.5. The summed E-state index contributed by atoms with van der Waals surface area (Å²) in [5, 5.41) is 3.36. The van der Waals surface area contributed by atoms with E-state index in [2.05, 4.69) is 19.2 Å². The molecule has 0 bridgehead atoms. The molecule has 1 fully saturated rings. The van der Waals surface area contributed by atoms with E-state index in [0.29, 0.717) is 12.0 Å². The van der Waals surface area contributed by atoms with Crippen LogP contribution in [0.2, 0.25) is 0 Å². The van der Waals surface area contributed by atoms with Gasteiger partial charge in [-0.1, -0.05) is 13.3 Å². The SMILES string of the molecule is CCCC(C)NC(C(=O)OC)C1CC1. The number of nitrogens with one attached hydrogen (secondary N) is 1. The fourth-order valence-electron chi connectivity index (χ4n) is 1.78. The molecule has 1 saturated carbocycles. The van der Waals surface area contributed by atoms with Gasteiger partial charge in [-0.25, -0.2) is 0 Å². The molecule has 14 heavy (non-hydrogen) atoms. The van der Waals surface area contributed by atoms with Crippen molar-refractivity contribution < 1.29 is 9.53 Å². The summed E-state index contributed by atoms with van der Waals surface area (Å²) < 4.78 is 4.79. The molecule has 3 nitrogen and oxygen atoms in total. The predicted molar refractivity (Wildman–Crippen MR) is 56.0 cm³/mol. The summed E-state index contributed by atoms with van der Waals surface area (Å²) in [5.74, 6) is 0.414. The molecule has 0 saturated heterocycles. The van der Waals surface area contributed by atoms with Gasteiger partial charge in [0.2, 0.25) is 0 Å². The first-order chi connectivity index (χ1) is 6.69. The molecule has 1 aliphatic carbocycles. The average molecular weight is 199 g/mol. The first-order valence-corrected chi connectivity index (χ1v) is 5.53. The van der Waals surface area contributed by atoms with E-state index < -0.39 is 0 Å². The standard InChI is InChI=1S/C11H21NO2/c1-4-5-8(2)12-10(9-6-7-9)11(13)14-3/h8-10,12H,4-7H2,1-3H3. The van der Waals surface area contributed by atoms with Crippen molar-refractivity contribution in [2.45, 2.75) is 51.6 Å². The van der Waals surface area contributed by atoms with Gasteiger partial charge in [0.25, 0.3) is 0 Å². The van der Waals surface area contributed by atoms with Gasteiger partial charge in [0.1, 0.15) is 6.04 Å². The Kier molecular flexibility index (Phi) is 4.39. The fraction of sp³-hybridized carbons (Fsp3) is 0.909. The number of methoxy groups -OCH3 is 1. The van der Waals surface area contributed by atoms with Crippen molar-refractivity contribution in [3.8, 4) is 0 Å². The number of ether oxygens (including phenoxy) is 1. The van der Waals surface area contributed by atoms with E-state index in [4.69, 9.17) is 4.74 Å². The van der Waals surface area contributed by atoms with Crippen molar-refractivity contribution in [2.75, 3.05) is 7.11 Å². The van der Waals surface area contributed by atoms with E-state index in [0.717, 1.165) is 25.7 Å². The highest BCUT2D eigenvalue weighted by molar-refractivity contribution is 5.76. The van der Waals surface area contributed by atoms with Crippen LogP contribution >= 0.6 is 0 Å². The maximum atomic E-state index is 11.4. The van der Waals surface area contributed by atoms with Gasteiger partial charge in [0.15, 0.2) is 0 Å². The Morgan fingerprint density at radius 2 is 2.21 bits per heavy atom. The summed E-state index contributed by atoms with van der Waals surface area (Å²) in [6.07, 6.45) is 4.57. The third-order valence-corrected chi connectivity index (χ3v) is 2.73. The van der Waals surface area contributed by atoms with E-state index in [-0.39, 0.29) is 12.0 Å². The molecule has 0 radical (unpaired) electrons. The van der Waals surface area contributed by atoms with E-state index >= 15 is 0 Å². The van der Waals surface area contributed by atoms with Crippen LogP contribution in [0.5, 0.6) is 0 Å². The van der Waals surface area contributed by atoms with E-state index in [9.17, 15) is 4.79 Å². The number of esters is 1. The zero-order valence-corrected chi connectivity index (χ0v) is 9.38. The van der Waals surface area contributed by atoms with Crippen molar-refractivity contribution in [1.82, 2.24) is 5.32 Å². The Morgan fingerprint density at radius 3 is 2.64 bits per heavy atom. The molecule has 0 aromatic carbocycles. The highest BCUT2D eigenvalue weighted by Gasteiger charge is 2.37. The van der Waals surface area contributed by atoms with Crippen LogP contribution in [0.15, 0.2) is 0 Å². The highest BCUT2D eigenvalue weighted by Crippen LogP contribution is 2.33. The first-order valence-electron chi connectivity index (χ1n) is 5.53. The van der Waals surface area contributed by atoms with Gasteiger partial charge >= 0.3 is 5.97 Å². The zero-order valence-electron chi connectivity index (χ0n) is 9.38. The average Bonchev–Trinajstić information content (AvgIpc) is 2.97. The van der Waals surface area contributed by atoms with Crippen molar-refractivity contribution >= 4 is 5.97 Å². The van der Waals surface area contributed by atoms with Gasteiger partial charge in [0, 0.05) is 6.04 Å². The third kappa shape index (κ3) is 3.29. The summed E-state index contributed by atoms with van der Waals surface area (Å²) in [5.41, 5.74) is 0. The van der Waals surface area contributed by atoms with Crippen molar-refractivity contribution in [3.63, 3.8) is 0 Å². The minimum atomic E-state index is -0.101. The zero-order chi connectivity index (χ0) is 10.6. The lowest BCUT2D eigenvalue weighted by Crippen LogP contribution is -2.44. The smallest absolute Gasteiger partial charge is 0.323 e. The van der Waals surface area contributed by atoms with Crippen LogP contribution in [0.4, 0.5) is 0 Å². The number of carbonyl (C=O) groups excluding carboxylic acids is 1. The maximum absolute atomic E-state index is 11.4. The third-order valence-electron chi connectivity index (χ3n) is 2.73. The number of carbonyl (C=O) groups is 1. The van der Waals surface area contributed by atoms with Gasteiger partial charge in [-0.3, -0.25) is 4.79 Å². The largest absolute Gasteiger partial charge is 0.468 e. The van der Waals surface area contributed by atoms with Crippen molar-refractivity contribution in [3.05, 3.63) is 0 Å². The summed E-state index contributed by atoms with van der Waals surface area (Å²) in [4.78, 5) is 11.4. The molecule has 0 amide bonds. The second-order valence-corrected chi connectivity index (χ2v) is 4.19. The van der Waals surface area contributed by atoms with E-state index in [1.165, 1.54) is 7.11 Å².